The van der Waals surface area contributed by atoms with Crippen LogP contribution in [0.3, 0.4) is 0 Å². The maximum absolute atomic E-state index is 7.76. The summed E-state index contributed by atoms with van der Waals surface area (Å²) < 4.78 is 0.408. The fourth-order valence-corrected chi connectivity index (χ4v) is 1.77. The maximum atomic E-state index is 7.76. The number of aromatic nitrogens is 2. The molecule has 0 spiro atoms. The van der Waals surface area contributed by atoms with Crippen molar-refractivity contribution in [2.45, 2.75) is 19.3 Å². The van der Waals surface area contributed by atoms with Gasteiger partial charge in [0.15, 0.2) is 10.6 Å². The van der Waals surface area contributed by atoms with E-state index in [2.05, 4.69) is 30.9 Å². The van der Waals surface area contributed by atoms with Gasteiger partial charge in [0, 0.05) is 12.1 Å². The third-order valence-electron chi connectivity index (χ3n) is 2.39. The number of hydrogen-bond acceptors (Lipinski definition) is 4. The summed E-state index contributed by atoms with van der Waals surface area (Å²) in [5.74, 6) is 1.08. The van der Waals surface area contributed by atoms with Crippen molar-refractivity contribution < 1.29 is 0 Å². The van der Waals surface area contributed by atoms with E-state index in [1.807, 2.05) is 0 Å². The molecule has 0 aliphatic heterocycles. The Balaban J connectivity index is 2.11. The zero-order chi connectivity index (χ0) is 12.4. The zero-order valence-corrected chi connectivity index (χ0v) is 11.3. The predicted octanol–water partition coefficient (Wildman–Crippen LogP) is 2.70. The van der Waals surface area contributed by atoms with Gasteiger partial charge in [-0.3, -0.25) is 0 Å². The van der Waals surface area contributed by atoms with E-state index in [0.717, 1.165) is 12.8 Å². The van der Waals surface area contributed by atoms with Gasteiger partial charge in [-0.1, -0.05) is 11.6 Å². The summed E-state index contributed by atoms with van der Waals surface area (Å²) in [5, 5.41) is 8.10. The van der Waals surface area contributed by atoms with Crippen LogP contribution in [0.1, 0.15) is 19.3 Å². The normalized spacial score (nSPS) is 16.0. The van der Waals surface area contributed by atoms with Gasteiger partial charge in [0.1, 0.15) is 10.9 Å². The lowest BCUT2D eigenvalue weighted by atomic mass is 10.2. The fourth-order valence-electron chi connectivity index (χ4n) is 1.36. The standard InChI is InChI=1S/C10H11BrClN5/c11-10-15-4-6(12)9(17-10)16-8(14)3-7(13)5-1-2-5/h4-5,13H,1-3H2,(H2,14,15,16,17). The lowest BCUT2D eigenvalue weighted by Gasteiger charge is -2.02. The minimum absolute atomic E-state index is 0.328. The van der Waals surface area contributed by atoms with Gasteiger partial charge in [0.2, 0.25) is 0 Å². The lowest BCUT2D eigenvalue weighted by molar-refractivity contribution is 1.09. The lowest BCUT2D eigenvalue weighted by Crippen LogP contribution is -2.17. The molecule has 7 heteroatoms. The molecule has 0 bridgehead atoms. The first kappa shape index (κ1) is 12.4. The molecule has 1 saturated carbocycles. The third-order valence-corrected chi connectivity index (χ3v) is 3.04. The third kappa shape index (κ3) is 3.47. The van der Waals surface area contributed by atoms with Crippen LogP contribution in [0.25, 0.3) is 0 Å². The number of nitrogens with two attached hydrogens (primary N) is 1. The summed E-state index contributed by atoms with van der Waals surface area (Å²) in [7, 11) is 0. The van der Waals surface area contributed by atoms with E-state index in [-0.39, 0.29) is 0 Å². The van der Waals surface area contributed by atoms with Gasteiger partial charge in [-0.15, -0.1) is 0 Å². The molecular weight excluding hydrogens is 306 g/mol. The van der Waals surface area contributed by atoms with Crippen molar-refractivity contribution in [1.29, 1.82) is 5.41 Å². The van der Waals surface area contributed by atoms with Gasteiger partial charge in [0.25, 0.3) is 0 Å². The summed E-state index contributed by atoms with van der Waals surface area (Å²) in [6, 6.07) is 0. The van der Waals surface area contributed by atoms with E-state index in [4.69, 9.17) is 22.7 Å². The van der Waals surface area contributed by atoms with Gasteiger partial charge < -0.3 is 11.1 Å². The molecule has 1 fully saturated rings. The number of nitrogens with one attached hydrogen (secondary N) is 1. The summed E-state index contributed by atoms with van der Waals surface area (Å²) in [4.78, 5) is 12.0. The molecular formula is C10H11BrClN5. The van der Waals surface area contributed by atoms with Crippen molar-refractivity contribution in [3.8, 4) is 0 Å². The molecule has 0 amide bonds. The Hall–Kier alpha value is -1.01. The minimum Gasteiger partial charge on any atom is -0.387 e. The van der Waals surface area contributed by atoms with Crippen molar-refractivity contribution in [3.05, 3.63) is 16.0 Å². The first-order valence-corrected chi connectivity index (χ1v) is 6.31. The van der Waals surface area contributed by atoms with E-state index in [1.165, 1.54) is 6.20 Å². The molecule has 90 valence electrons. The molecule has 5 nitrogen and oxygen atoms in total. The highest BCUT2D eigenvalue weighted by Gasteiger charge is 2.26. The Morgan fingerprint density at radius 3 is 3.00 bits per heavy atom. The molecule has 1 aliphatic rings. The van der Waals surface area contributed by atoms with Crippen molar-refractivity contribution in [2.75, 3.05) is 0 Å². The van der Waals surface area contributed by atoms with Crippen LogP contribution >= 0.6 is 27.5 Å². The SMILES string of the molecule is N=C(CC(N)=Nc1nc(Br)ncc1Cl)C1CC1. The average Bonchev–Trinajstić information content (AvgIpc) is 3.06. The second-order valence-electron chi connectivity index (χ2n) is 3.89. The zero-order valence-electron chi connectivity index (χ0n) is 8.95. The highest BCUT2D eigenvalue weighted by molar-refractivity contribution is 9.10. The molecule has 0 saturated heterocycles. The number of rotatable bonds is 4. The van der Waals surface area contributed by atoms with Crippen LogP contribution < -0.4 is 5.73 Å². The van der Waals surface area contributed by atoms with Crippen LogP contribution in [0.5, 0.6) is 0 Å². The highest BCUT2D eigenvalue weighted by Crippen LogP contribution is 2.31. The molecule has 1 aromatic rings. The average molecular weight is 317 g/mol. The molecule has 3 N–H and O–H groups in total. The van der Waals surface area contributed by atoms with Crippen LogP contribution in [-0.2, 0) is 0 Å². The van der Waals surface area contributed by atoms with E-state index in [9.17, 15) is 0 Å². The van der Waals surface area contributed by atoms with Gasteiger partial charge in [0.05, 0.1) is 6.20 Å². The molecule has 1 aliphatic carbocycles. The van der Waals surface area contributed by atoms with Crippen LogP contribution in [-0.4, -0.2) is 21.5 Å². The molecule has 0 radical (unpaired) electrons. The molecule has 2 rings (SSSR count). The van der Waals surface area contributed by atoms with Crippen molar-refractivity contribution in [2.24, 2.45) is 16.6 Å². The summed E-state index contributed by atoms with van der Waals surface area (Å²) in [5.41, 5.74) is 6.40. The Morgan fingerprint density at radius 1 is 1.65 bits per heavy atom. The highest BCUT2D eigenvalue weighted by atomic mass is 79.9. The van der Waals surface area contributed by atoms with Gasteiger partial charge >= 0.3 is 0 Å². The Labute approximate surface area is 112 Å². The molecule has 1 aromatic heterocycles. The number of aliphatic imine (C=N–C) groups is 1. The van der Waals surface area contributed by atoms with E-state index >= 15 is 0 Å². The van der Waals surface area contributed by atoms with E-state index in [1.54, 1.807) is 0 Å². The van der Waals surface area contributed by atoms with Crippen LogP contribution in [0.2, 0.25) is 5.02 Å². The van der Waals surface area contributed by atoms with Gasteiger partial charge in [-0.05, 0) is 34.7 Å². The largest absolute Gasteiger partial charge is 0.387 e. The molecule has 1 heterocycles. The van der Waals surface area contributed by atoms with Crippen molar-refractivity contribution >= 4 is 44.9 Å². The number of amidine groups is 1. The Bertz CT molecular complexity index is 484. The first-order chi connectivity index (χ1) is 8.06. The molecule has 17 heavy (non-hydrogen) atoms. The quantitative estimate of drug-likeness (QED) is 0.508. The molecule has 0 atom stereocenters. The smallest absolute Gasteiger partial charge is 0.198 e. The van der Waals surface area contributed by atoms with Crippen molar-refractivity contribution in [3.63, 3.8) is 0 Å². The first-order valence-electron chi connectivity index (χ1n) is 5.14. The Kier molecular flexibility index (Phi) is 3.73. The number of halogens is 2. The topological polar surface area (TPSA) is 88.0 Å². The predicted molar refractivity (Wildman–Crippen MR) is 71.1 cm³/mol. The van der Waals surface area contributed by atoms with Gasteiger partial charge in [-0.2, -0.15) is 0 Å². The maximum Gasteiger partial charge on any atom is 0.198 e. The second-order valence-corrected chi connectivity index (χ2v) is 5.01. The molecule has 0 unspecified atom stereocenters. The summed E-state index contributed by atoms with van der Waals surface area (Å²) in [6.07, 6.45) is 4.01. The van der Waals surface area contributed by atoms with Crippen LogP contribution in [0.4, 0.5) is 5.82 Å². The summed E-state index contributed by atoms with van der Waals surface area (Å²) in [6.45, 7) is 0. The summed E-state index contributed by atoms with van der Waals surface area (Å²) >= 11 is 9.03. The number of hydrogen-bond donors (Lipinski definition) is 2. The van der Waals surface area contributed by atoms with Gasteiger partial charge in [-0.25, -0.2) is 15.0 Å². The Morgan fingerprint density at radius 2 is 2.35 bits per heavy atom. The number of nitrogens with zero attached hydrogens (tertiary/aromatic N) is 3. The van der Waals surface area contributed by atoms with E-state index < -0.39 is 0 Å². The van der Waals surface area contributed by atoms with E-state index in [0.29, 0.717) is 39.5 Å². The fraction of sp³-hybridized carbons (Fsp3) is 0.400. The monoisotopic (exact) mass is 315 g/mol. The van der Waals surface area contributed by atoms with Crippen LogP contribution in [0.15, 0.2) is 15.9 Å². The molecule has 0 aromatic carbocycles. The second kappa shape index (κ2) is 5.10. The van der Waals surface area contributed by atoms with Crippen LogP contribution in [0, 0.1) is 11.3 Å². The minimum atomic E-state index is 0.328. The van der Waals surface area contributed by atoms with Crippen molar-refractivity contribution in [1.82, 2.24) is 9.97 Å².